The van der Waals surface area contributed by atoms with Crippen LogP contribution in [0.25, 0.3) is 0 Å². The van der Waals surface area contributed by atoms with Crippen LogP contribution in [-0.4, -0.2) is 19.9 Å². The minimum Gasteiger partial charge on any atom is -0.385 e. The Morgan fingerprint density at radius 1 is 1.53 bits per heavy atom. The number of nitrogen functional groups attached to an aromatic ring is 1. The van der Waals surface area contributed by atoms with Crippen molar-refractivity contribution >= 4 is 32.0 Å². The highest BCUT2D eigenvalue weighted by atomic mass is 32.2. The molecule has 0 radical (unpaired) electrons. The number of hydrogen-bond acceptors (Lipinski definition) is 6. The van der Waals surface area contributed by atoms with E-state index in [1.165, 1.54) is 6.42 Å². The Morgan fingerprint density at radius 2 is 2.21 bits per heavy atom. The summed E-state index contributed by atoms with van der Waals surface area (Å²) in [7, 11) is -3.69. The first kappa shape index (κ1) is 14.2. The van der Waals surface area contributed by atoms with Gasteiger partial charge in [-0.15, -0.1) is 0 Å². The molecule has 1 fully saturated rings. The standard InChI is InChI=1S/C10H15N3O4S2/c11-10-8(13(14)15)6-9(18-10)19(16,17)12-5-4-7-2-1-3-7/h6-7,12H,1-5,11H2. The summed E-state index contributed by atoms with van der Waals surface area (Å²) in [6.07, 6.45) is 4.32. The average molecular weight is 305 g/mol. The first-order chi connectivity index (χ1) is 8.90. The lowest BCUT2D eigenvalue weighted by molar-refractivity contribution is -0.383. The molecule has 9 heteroatoms. The van der Waals surface area contributed by atoms with Gasteiger partial charge in [-0.05, 0) is 12.3 Å². The molecule has 0 bridgehead atoms. The van der Waals surface area contributed by atoms with E-state index in [1.54, 1.807) is 0 Å². The van der Waals surface area contributed by atoms with Gasteiger partial charge in [0.15, 0.2) is 5.00 Å². The topological polar surface area (TPSA) is 115 Å². The van der Waals surface area contributed by atoms with E-state index in [4.69, 9.17) is 5.73 Å². The summed E-state index contributed by atoms with van der Waals surface area (Å²) in [5.74, 6) is 0.602. The van der Waals surface area contributed by atoms with Gasteiger partial charge in [0, 0.05) is 12.6 Å². The zero-order valence-corrected chi connectivity index (χ0v) is 11.8. The lowest BCUT2D eigenvalue weighted by atomic mass is 9.83. The Balaban J connectivity index is 2.01. The third-order valence-electron chi connectivity index (χ3n) is 3.25. The number of anilines is 1. The predicted octanol–water partition coefficient (Wildman–Crippen LogP) is 1.71. The van der Waals surface area contributed by atoms with Crippen molar-refractivity contribution in [1.29, 1.82) is 0 Å². The summed E-state index contributed by atoms with van der Waals surface area (Å²) >= 11 is 0.714. The molecule has 0 unspecified atom stereocenters. The van der Waals surface area contributed by atoms with E-state index in [0.29, 0.717) is 23.8 Å². The van der Waals surface area contributed by atoms with Crippen LogP contribution < -0.4 is 10.5 Å². The van der Waals surface area contributed by atoms with Gasteiger partial charge in [-0.2, -0.15) is 0 Å². The van der Waals surface area contributed by atoms with Crippen LogP contribution in [0.3, 0.4) is 0 Å². The molecule has 1 aromatic heterocycles. The highest BCUT2D eigenvalue weighted by Gasteiger charge is 2.25. The molecule has 1 heterocycles. The summed E-state index contributed by atoms with van der Waals surface area (Å²) in [5, 5.41) is 10.5. The van der Waals surface area contributed by atoms with Crippen LogP contribution in [0, 0.1) is 16.0 Å². The Morgan fingerprint density at radius 3 is 2.68 bits per heavy atom. The summed E-state index contributed by atoms with van der Waals surface area (Å²) in [6.45, 7) is 0.360. The van der Waals surface area contributed by atoms with Crippen molar-refractivity contribution in [3.63, 3.8) is 0 Å². The quantitative estimate of drug-likeness (QED) is 0.613. The van der Waals surface area contributed by atoms with Crippen molar-refractivity contribution < 1.29 is 13.3 Å². The molecule has 19 heavy (non-hydrogen) atoms. The first-order valence-corrected chi connectivity index (χ1v) is 8.23. The van der Waals surface area contributed by atoms with E-state index in [0.717, 1.165) is 25.3 Å². The Hall–Kier alpha value is -1.19. The van der Waals surface area contributed by atoms with Crippen LogP contribution in [0.15, 0.2) is 10.3 Å². The molecule has 0 aromatic carbocycles. The number of hydrogen-bond donors (Lipinski definition) is 2. The van der Waals surface area contributed by atoms with Crippen molar-refractivity contribution in [2.45, 2.75) is 29.9 Å². The highest BCUT2D eigenvalue weighted by molar-refractivity contribution is 7.91. The molecule has 1 aliphatic carbocycles. The number of rotatable bonds is 6. The third kappa shape index (κ3) is 3.23. The molecule has 3 N–H and O–H groups in total. The van der Waals surface area contributed by atoms with Gasteiger partial charge in [-0.25, -0.2) is 13.1 Å². The molecule has 0 saturated heterocycles. The maximum Gasteiger partial charge on any atom is 0.304 e. The third-order valence-corrected chi connectivity index (χ3v) is 6.14. The summed E-state index contributed by atoms with van der Waals surface area (Å²) in [4.78, 5) is 9.95. The molecule has 0 amide bonds. The number of sulfonamides is 1. The molecule has 1 aromatic rings. The number of nitrogens with one attached hydrogen (secondary N) is 1. The molecule has 0 spiro atoms. The lowest BCUT2D eigenvalue weighted by Gasteiger charge is -2.24. The van der Waals surface area contributed by atoms with Gasteiger partial charge in [0.05, 0.1) is 4.92 Å². The largest absolute Gasteiger partial charge is 0.385 e. The highest BCUT2D eigenvalue weighted by Crippen LogP contribution is 2.34. The molecule has 1 aliphatic rings. The van der Waals surface area contributed by atoms with Crippen molar-refractivity contribution in [3.8, 4) is 0 Å². The van der Waals surface area contributed by atoms with Gasteiger partial charge in [0.1, 0.15) is 4.21 Å². The Kier molecular flexibility index (Phi) is 4.07. The second-order valence-electron chi connectivity index (χ2n) is 4.56. The summed E-state index contributed by atoms with van der Waals surface area (Å²) in [5.41, 5.74) is 5.07. The zero-order valence-electron chi connectivity index (χ0n) is 10.2. The van der Waals surface area contributed by atoms with Gasteiger partial charge in [0.2, 0.25) is 10.0 Å². The number of nitro groups is 1. The van der Waals surface area contributed by atoms with Gasteiger partial charge in [-0.1, -0.05) is 30.6 Å². The fourth-order valence-electron chi connectivity index (χ4n) is 1.90. The second-order valence-corrected chi connectivity index (χ2v) is 7.63. The van der Waals surface area contributed by atoms with E-state index in [1.807, 2.05) is 0 Å². The monoisotopic (exact) mass is 305 g/mol. The molecule has 0 aliphatic heterocycles. The molecule has 106 valence electrons. The van der Waals surface area contributed by atoms with E-state index < -0.39 is 14.9 Å². The maximum absolute atomic E-state index is 11.9. The van der Waals surface area contributed by atoms with Gasteiger partial charge in [0.25, 0.3) is 0 Å². The van der Waals surface area contributed by atoms with E-state index in [-0.39, 0.29) is 14.9 Å². The van der Waals surface area contributed by atoms with Crippen LogP contribution in [0.4, 0.5) is 10.7 Å². The van der Waals surface area contributed by atoms with E-state index in [2.05, 4.69) is 4.72 Å². The smallest absolute Gasteiger partial charge is 0.304 e. The Labute approximate surface area is 115 Å². The van der Waals surface area contributed by atoms with Crippen LogP contribution in [0.5, 0.6) is 0 Å². The predicted molar refractivity (Wildman–Crippen MR) is 72.5 cm³/mol. The second kappa shape index (κ2) is 5.43. The average Bonchev–Trinajstić information content (AvgIpc) is 2.65. The van der Waals surface area contributed by atoms with Crippen LogP contribution >= 0.6 is 11.3 Å². The van der Waals surface area contributed by atoms with E-state index in [9.17, 15) is 18.5 Å². The van der Waals surface area contributed by atoms with Crippen LogP contribution in [0.2, 0.25) is 0 Å². The molecular weight excluding hydrogens is 290 g/mol. The van der Waals surface area contributed by atoms with Gasteiger partial charge in [-0.3, -0.25) is 10.1 Å². The van der Waals surface area contributed by atoms with Crippen LogP contribution in [-0.2, 0) is 10.0 Å². The van der Waals surface area contributed by atoms with Crippen molar-refractivity contribution in [2.75, 3.05) is 12.3 Å². The van der Waals surface area contributed by atoms with Crippen molar-refractivity contribution in [1.82, 2.24) is 4.72 Å². The van der Waals surface area contributed by atoms with Gasteiger partial charge < -0.3 is 5.73 Å². The van der Waals surface area contributed by atoms with Gasteiger partial charge >= 0.3 is 5.69 Å². The van der Waals surface area contributed by atoms with Crippen molar-refractivity contribution in [3.05, 3.63) is 16.2 Å². The minimum absolute atomic E-state index is 0.0932. The molecule has 7 nitrogen and oxygen atoms in total. The maximum atomic E-state index is 11.9. The SMILES string of the molecule is Nc1sc(S(=O)(=O)NCCC2CCC2)cc1[N+](=O)[O-]. The zero-order chi connectivity index (χ0) is 14.0. The van der Waals surface area contributed by atoms with E-state index >= 15 is 0 Å². The summed E-state index contributed by atoms with van der Waals surface area (Å²) in [6, 6.07) is 1.01. The molecule has 0 atom stereocenters. The number of nitrogens with zero attached hydrogens (tertiary/aromatic N) is 1. The van der Waals surface area contributed by atoms with Crippen molar-refractivity contribution in [2.24, 2.45) is 5.92 Å². The number of nitrogens with two attached hydrogens (primary N) is 1. The fourth-order valence-corrected chi connectivity index (χ4v) is 4.20. The first-order valence-electron chi connectivity index (χ1n) is 5.93. The summed E-state index contributed by atoms with van der Waals surface area (Å²) < 4.78 is 26.2. The molecular formula is C10H15N3O4S2. The molecule has 1 saturated carbocycles. The normalized spacial score (nSPS) is 16.2. The fraction of sp³-hybridized carbons (Fsp3) is 0.600. The van der Waals surface area contributed by atoms with Crippen LogP contribution in [0.1, 0.15) is 25.7 Å². The number of thiophene rings is 1. The minimum atomic E-state index is -3.69. The lowest BCUT2D eigenvalue weighted by Crippen LogP contribution is -2.27. The molecule has 2 rings (SSSR count). The Bertz CT molecular complexity index is 578.